The van der Waals surface area contributed by atoms with Crippen LogP contribution in [0.4, 0.5) is 0 Å². The minimum Gasteiger partial charge on any atom is -0.300 e. The van der Waals surface area contributed by atoms with E-state index in [-0.39, 0.29) is 0 Å². The molecule has 2 aromatic rings. The lowest BCUT2D eigenvalue weighted by Crippen LogP contribution is -1.98. The molecule has 0 atom stereocenters. The minimum absolute atomic E-state index is 0.633. The molecule has 1 aromatic carbocycles. The second-order valence-corrected chi connectivity index (χ2v) is 5.21. The van der Waals surface area contributed by atoms with Crippen LogP contribution < -0.4 is 0 Å². The molecule has 0 spiro atoms. The summed E-state index contributed by atoms with van der Waals surface area (Å²) in [5.74, 6) is 0.833. The van der Waals surface area contributed by atoms with Crippen LogP contribution in [-0.2, 0) is 6.54 Å². The van der Waals surface area contributed by atoms with Crippen LogP contribution in [0.3, 0.4) is 0 Å². The maximum atomic E-state index is 5.99. The first-order valence-electron chi connectivity index (χ1n) is 4.74. The summed E-state index contributed by atoms with van der Waals surface area (Å²) in [5, 5.41) is 7.74. The van der Waals surface area contributed by atoms with Gasteiger partial charge in [0.25, 0.3) is 0 Å². The Labute approximate surface area is 117 Å². The third kappa shape index (κ3) is 2.16. The molecular weight excluding hydrogens is 357 g/mol. The lowest BCUT2D eigenvalue weighted by Gasteiger charge is -2.06. The number of rotatable bonds is 2. The first kappa shape index (κ1) is 12.1. The highest BCUT2D eigenvalue weighted by atomic mass is 127. The van der Waals surface area contributed by atoms with Crippen molar-refractivity contribution in [3.63, 3.8) is 0 Å². The predicted octanol–water partition coefficient (Wildman–Crippen LogP) is 3.89. The maximum Gasteiger partial charge on any atom is 0.195 e. The van der Waals surface area contributed by atoms with Gasteiger partial charge in [-0.05, 0) is 59.9 Å². The molecule has 1 aromatic heterocycles. The molecule has 2 rings (SSSR count). The van der Waals surface area contributed by atoms with Gasteiger partial charge in [-0.3, -0.25) is 5.10 Å². The van der Waals surface area contributed by atoms with Gasteiger partial charge < -0.3 is 4.57 Å². The van der Waals surface area contributed by atoms with Crippen LogP contribution in [0.15, 0.2) is 18.2 Å². The Morgan fingerprint density at radius 3 is 3.00 bits per heavy atom. The average molecular weight is 366 g/mol. The molecule has 3 nitrogen and oxygen atoms in total. The number of aromatic nitrogens is 3. The number of hydrogen-bond donors (Lipinski definition) is 1. The molecule has 0 aliphatic carbocycles. The highest BCUT2D eigenvalue weighted by Crippen LogP contribution is 2.26. The van der Waals surface area contributed by atoms with E-state index in [1.54, 1.807) is 0 Å². The number of H-pyrrole nitrogens is 1. The van der Waals surface area contributed by atoms with Crippen molar-refractivity contribution in [3.05, 3.63) is 31.6 Å². The molecule has 0 radical (unpaired) electrons. The van der Waals surface area contributed by atoms with E-state index in [1.807, 2.05) is 29.7 Å². The second-order valence-electron chi connectivity index (χ2n) is 3.22. The quantitative estimate of drug-likeness (QED) is 0.647. The highest BCUT2D eigenvalue weighted by molar-refractivity contribution is 14.1. The monoisotopic (exact) mass is 365 g/mol. The molecule has 0 aliphatic rings. The zero-order chi connectivity index (χ0) is 11.7. The largest absolute Gasteiger partial charge is 0.300 e. The van der Waals surface area contributed by atoms with Crippen molar-refractivity contribution in [2.45, 2.75) is 13.5 Å². The van der Waals surface area contributed by atoms with E-state index >= 15 is 0 Å². The Morgan fingerprint density at radius 2 is 2.31 bits per heavy atom. The fraction of sp³-hybridized carbons (Fsp3) is 0.200. The summed E-state index contributed by atoms with van der Waals surface area (Å²) >= 11 is 13.4. The summed E-state index contributed by atoms with van der Waals surface area (Å²) in [7, 11) is 0. The molecule has 0 amide bonds. The molecule has 1 N–H and O–H groups in total. The van der Waals surface area contributed by atoms with Crippen molar-refractivity contribution in [2.75, 3.05) is 0 Å². The molecule has 0 fully saturated rings. The van der Waals surface area contributed by atoms with Crippen molar-refractivity contribution in [2.24, 2.45) is 0 Å². The van der Waals surface area contributed by atoms with Crippen LogP contribution in [0.1, 0.15) is 6.92 Å². The van der Waals surface area contributed by atoms with Crippen LogP contribution in [0.2, 0.25) is 5.02 Å². The number of benzene rings is 1. The van der Waals surface area contributed by atoms with Gasteiger partial charge in [-0.1, -0.05) is 11.6 Å². The van der Waals surface area contributed by atoms with Crippen molar-refractivity contribution in [3.8, 4) is 11.4 Å². The standard InChI is InChI=1S/C10H9ClIN3S/c1-2-15-9(13-14-10(15)16)7-5-6(11)3-4-8(7)12/h3-5H,2H2,1H3,(H,14,16). The number of halogens is 2. The van der Waals surface area contributed by atoms with Crippen molar-refractivity contribution in [1.29, 1.82) is 0 Å². The molecule has 0 saturated carbocycles. The van der Waals surface area contributed by atoms with Crippen molar-refractivity contribution in [1.82, 2.24) is 14.8 Å². The number of hydrogen-bond acceptors (Lipinski definition) is 2. The average Bonchev–Trinajstić information content (AvgIpc) is 2.63. The van der Waals surface area contributed by atoms with E-state index in [2.05, 4.69) is 32.8 Å². The van der Waals surface area contributed by atoms with Gasteiger partial charge in [-0.25, -0.2) is 0 Å². The fourth-order valence-electron chi connectivity index (χ4n) is 1.49. The Bertz CT molecular complexity index is 576. The zero-order valence-electron chi connectivity index (χ0n) is 8.50. The maximum absolute atomic E-state index is 5.99. The predicted molar refractivity (Wildman–Crippen MR) is 76.2 cm³/mol. The molecule has 0 bridgehead atoms. The Balaban J connectivity index is 2.67. The van der Waals surface area contributed by atoms with E-state index in [9.17, 15) is 0 Å². The minimum atomic E-state index is 0.633. The van der Waals surface area contributed by atoms with E-state index in [1.165, 1.54) is 0 Å². The molecule has 0 saturated heterocycles. The molecule has 0 aliphatic heterocycles. The molecule has 0 unspecified atom stereocenters. The first-order valence-corrected chi connectivity index (χ1v) is 6.60. The summed E-state index contributed by atoms with van der Waals surface area (Å²) in [6.07, 6.45) is 0. The third-order valence-corrected chi connectivity index (χ3v) is 3.73. The lowest BCUT2D eigenvalue weighted by atomic mass is 10.2. The van der Waals surface area contributed by atoms with Crippen molar-refractivity contribution < 1.29 is 0 Å². The Hall–Kier alpha value is -0.400. The number of nitrogens with zero attached hydrogens (tertiary/aromatic N) is 2. The zero-order valence-corrected chi connectivity index (χ0v) is 12.2. The van der Waals surface area contributed by atoms with Crippen LogP contribution in [0.5, 0.6) is 0 Å². The summed E-state index contributed by atoms with van der Waals surface area (Å²) in [5.41, 5.74) is 1.00. The van der Waals surface area contributed by atoms with Gasteiger partial charge in [0, 0.05) is 20.7 Å². The van der Waals surface area contributed by atoms with Gasteiger partial charge in [0.1, 0.15) is 0 Å². The van der Waals surface area contributed by atoms with Gasteiger partial charge in [0.2, 0.25) is 0 Å². The normalized spacial score (nSPS) is 10.7. The van der Waals surface area contributed by atoms with E-state index in [4.69, 9.17) is 23.8 Å². The van der Waals surface area contributed by atoms with Crippen molar-refractivity contribution >= 4 is 46.4 Å². The van der Waals surface area contributed by atoms with Crippen LogP contribution in [-0.4, -0.2) is 14.8 Å². The molecule has 6 heteroatoms. The summed E-state index contributed by atoms with van der Waals surface area (Å²) in [4.78, 5) is 0. The second kappa shape index (κ2) is 4.85. The lowest BCUT2D eigenvalue weighted by molar-refractivity contribution is 0.755. The Morgan fingerprint density at radius 1 is 1.56 bits per heavy atom. The van der Waals surface area contributed by atoms with Gasteiger partial charge in [-0.15, -0.1) is 0 Å². The molecule has 84 valence electrons. The third-order valence-electron chi connectivity index (χ3n) is 2.24. The Kier molecular flexibility index (Phi) is 3.66. The van der Waals surface area contributed by atoms with Gasteiger partial charge in [0.15, 0.2) is 10.6 Å². The fourth-order valence-corrected chi connectivity index (χ4v) is 2.50. The molecule has 16 heavy (non-hydrogen) atoms. The van der Waals surface area contributed by atoms with E-state index in [0.717, 1.165) is 21.5 Å². The summed E-state index contributed by atoms with van der Waals surface area (Å²) in [6, 6.07) is 5.74. The van der Waals surface area contributed by atoms with Crippen LogP contribution >= 0.6 is 46.4 Å². The summed E-state index contributed by atoms with van der Waals surface area (Å²) in [6.45, 7) is 2.82. The molecular formula is C10H9ClIN3S. The van der Waals surface area contributed by atoms with Crippen LogP contribution in [0, 0.1) is 8.34 Å². The topological polar surface area (TPSA) is 33.6 Å². The smallest absolute Gasteiger partial charge is 0.195 e. The highest BCUT2D eigenvalue weighted by Gasteiger charge is 2.11. The van der Waals surface area contributed by atoms with E-state index in [0.29, 0.717) is 9.79 Å². The van der Waals surface area contributed by atoms with Gasteiger partial charge >= 0.3 is 0 Å². The summed E-state index contributed by atoms with van der Waals surface area (Å²) < 4.78 is 3.68. The molecule has 1 heterocycles. The number of aromatic amines is 1. The van der Waals surface area contributed by atoms with Gasteiger partial charge in [-0.2, -0.15) is 5.10 Å². The van der Waals surface area contributed by atoms with Crippen LogP contribution in [0.25, 0.3) is 11.4 Å². The van der Waals surface area contributed by atoms with Gasteiger partial charge in [0.05, 0.1) is 0 Å². The van der Waals surface area contributed by atoms with E-state index < -0.39 is 0 Å². The first-order chi connectivity index (χ1) is 7.63. The number of nitrogens with one attached hydrogen (secondary N) is 1. The SMILES string of the molecule is CCn1c(-c2cc(Cl)ccc2I)n[nH]c1=S.